The fourth-order valence-corrected chi connectivity index (χ4v) is 2.17. The molecule has 0 spiro atoms. The van der Waals surface area contributed by atoms with Crippen LogP contribution in [0.2, 0.25) is 0 Å². The summed E-state index contributed by atoms with van der Waals surface area (Å²) in [4.78, 5) is 46.0. The molecule has 0 aromatic carbocycles. The van der Waals surface area contributed by atoms with E-state index in [0.29, 0.717) is 6.42 Å². The van der Waals surface area contributed by atoms with Gasteiger partial charge in [0, 0.05) is 6.42 Å². The summed E-state index contributed by atoms with van der Waals surface area (Å²) in [5.74, 6) is 4.14. The Labute approximate surface area is 141 Å². The maximum Gasteiger partial charge on any atom is 0.240 e. The van der Waals surface area contributed by atoms with Gasteiger partial charge < -0.3 is 10.6 Å². The standard InChI is InChI=1S/C14H26N4O4S/c1-4-8(2)13(14(22)23)17-12(21)7-16-11(20)6-5-10(18-15)9(3)19/h8,10,13,18H,4-7,15H2,1-3H3,(H,16,20)(H,17,21)(H,22,23)/t8-,10-,13-/m0/s1. The van der Waals surface area contributed by atoms with Crippen LogP contribution >= 0.6 is 12.6 Å². The Morgan fingerprint density at radius 3 is 2.22 bits per heavy atom. The van der Waals surface area contributed by atoms with Crippen molar-refractivity contribution >= 4 is 35.3 Å². The van der Waals surface area contributed by atoms with Crippen LogP contribution in [0.15, 0.2) is 0 Å². The molecule has 0 aromatic rings. The minimum Gasteiger partial charge on any atom is -0.347 e. The topological polar surface area (TPSA) is 130 Å². The number of Topliss-reactive ketones (excluding diaryl/α,β-unsaturated/α-hetero) is 1. The molecule has 0 aromatic heterocycles. The molecule has 0 rings (SSSR count). The third-order valence-corrected chi connectivity index (χ3v) is 3.87. The Morgan fingerprint density at radius 2 is 1.78 bits per heavy atom. The first kappa shape index (κ1) is 21.6. The zero-order valence-electron chi connectivity index (χ0n) is 13.7. The quantitative estimate of drug-likeness (QED) is 0.191. The summed E-state index contributed by atoms with van der Waals surface area (Å²) in [6.07, 6.45) is 1.01. The zero-order chi connectivity index (χ0) is 18.0. The third kappa shape index (κ3) is 8.68. The molecule has 0 bridgehead atoms. The van der Waals surface area contributed by atoms with Crippen LogP contribution in [0.1, 0.15) is 40.0 Å². The SMILES string of the molecule is CC[C@H](C)[C@H](NC(=O)CNC(=O)CC[C@H](NN)C(C)=O)C(=O)S. The van der Waals surface area contributed by atoms with Crippen molar-refractivity contribution in [2.24, 2.45) is 11.8 Å². The molecule has 3 atom stereocenters. The van der Waals surface area contributed by atoms with Gasteiger partial charge in [0.05, 0.1) is 12.6 Å². The molecule has 2 amide bonds. The molecule has 0 radical (unpaired) electrons. The Bertz CT molecular complexity index is 444. The molecule has 132 valence electrons. The lowest BCUT2D eigenvalue weighted by molar-refractivity contribution is -0.128. The van der Waals surface area contributed by atoms with E-state index in [-0.39, 0.29) is 37.0 Å². The second kappa shape index (κ2) is 11.1. The highest BCUT2D eigenvalue weighted by atomic mass is 32.1. The van der Waals surface area contributed by atoms with Crippen LogP contribution in [-0.4, -0.2) is 41.3 Å². The first-order valence-corrected chi connectivity index (χ1v) is 7.93. The maximum absolute atomic E-state index is 11.8. The number of nitrogens with one attached hydrogen (secondary N) is 3. The maximum atomic E-state index is 11.8. The van der Waals surface area contributed by atoms with Crippen LogP contribution in [0.5, 0.6) is 0 Å². The lowest BCUT2D eigenvalue weighted by Crippen LogP contribution is -2.47. The zero-order valence-corrected chi connectivity index (χ0v) is 14.6. The molecular formula is C14H26N4O4S. The lowest BCUT2D eigenvalue weighted by atomic mass is 10.0. The minimum absolute atomic E-state index is 0.0494. The second-order valence-electron chi connectivity index (χ2n) is 5.41. The predicted molar refractivity (Wildman–Crippen MR) is 89.4 cm³/mol. The van der Waals surface area contributed by atoms with Gasteiger partial charge in [0.25, 0.3) is 0 Å². The molecule has 0 aliphatic carbocycles. The Morgan fingerprint density at radius 1 is 1.17 bits per heavy atom. The first-order valence-electron chi connectivity index (χ1n) is 7.48. The van der Waals surface area contributed by atoms with Crippen molar-refractivity contribution in [2.75, 3.05) is 6.54 Å². The number of thiol groups is 1. The number of rotatable bonds is 11. The Balaban J connectivity index is 4.24. The summed E-state index contributed by atoms with van der Waals surface area (Å²) in [5, 5.41) is 4.57. The minimum atomic E-state index is -0.684. The number of carbonyl (C=O) groups excluding carboxylic acids is 4. The largest absolute Gasteiger partial charge is 0.347 e. The Hall–Kier alpha value is -1.45. The van der Waals surface area contributed by atoms with Gasteiger partial charge >= 0.3 is 0 Å². The molecule has 8 nitrogen and oxygen atoms in total. The molecule has 0 saturated heterocycles. The number of hydrogen-bond acceptors (Lipinski definition) is 6. The summed E-state index contributed by atoms with van der Waals surface area (Å²) in [6.45, 7) is 4.87. The van der Waals surface area contributed by atoms with E-state index in [1.165, 1.54) is 6.92 Å². The fraction of sp³-hybridized carbons (Fsp3) is 0.714. The van der Waals surface area contributed by atoms with Gasteiger partial charge in [0.15, 0.2) is 0 Å². The van der Waals surface area contributed by atoms with Gasteiger partial charge in [-0.3, -0.25) is 25.0 Å². The highest BCUT2D eigenvalue weighted by Crippen LogP contribution is 2.10. The molecule has 0 aliphatic rings. The average Bonchev–Trinajstić information content (AvgIpc) is 2.49. The highest BCUT2D eigenvalue weighted by molar-refractivity contribution is 7.96. The molecule has 23 heavy (non-hydrogen) atoms. The van der Waals surface area contributed by atoms with Gasteiger partial charge in [-0.05, 0) is 19.3 Å². The van der Waals surface area contributed by atoms with Gasteiger partial charge in [-0.2, -0.15) is 0 Å². The van der Waals surface area contributed by atoms with E-state index in [2.05, 4.69) is 28.7 Å². The van der Waals surface area contributed by atoms with Crippen LogP contribution in [0, 0.1) is 5.92 Å². The third-order valence-electron chi connectivity index (χ3n) is 3.59. The van der Waals surface area contributed by atoms with Gasteiger partial charge in [-0.1, -0.05) is 20.3 Å². The molecule has 5 N–H and O–H groups in total. The van der Waals surface area contributed by atoms with E-state index in [1.807, 2.05) is 13.8 Å². The van der Waals surface area contributed by atoms with Gasteiger partial charge in [0.1, 0.15) is 11.8 Å². The number of nitrogens with two attached hydrogens (primary N) is 1. The van der Waals surface area contributed by atoms with Crippen molar-refractivity contribution in [3.8, 4) is 0 Å². The monoisotopic (exact) mass is 346 g/mol. The number of amides is 2. The number of ketones is 1. The predicted octanol–water partition coefficient (Wildman–Crippen LogP) is -0.709. The lowest BCUT2D eigenvalue weighted by Gasteiger charge is -2.21. The van der Waals surface area contributed by atoms with Gasteiger partial charge in [-0.15, -0.1) is 12.6 Å². The molecule has 0 fully saturated rings. The highest BCUT2D eigenvalue weighted by Gasteiger charge is 2.23. The number of hydrogen-bond donors (Lipinski definition) is 5. The van der Waals surface area contributed by atoms with E-state index < -0.39 is 23.1 Å². The van der Waals surface area contributed by atoms with Crippen LogP contribution < -0.4 is 21.9 Å². The average molecular weight is 346 g/mol. The van der Waals surface area contributed by atoms with E-state index in [0.717, 1.165) is 0 Å². The second-order valence-corrected chi connectivity index (χ2v) is 5.86. The summed E-state index contributed by atoms with van der Waals surface area (Å²) >= 11 is 3.76. The first-order chi connectivity index (χ1) is 10.7. The van der Waals surface area contributed by atoms with Crippen LogP contribution in [0.4, 0.5) is 0 Å². The van der Waals surface area contributed by atoms with Crippen molar-refractivity contribution in [2.45, 2.75) is 52.1 Å². The molecule has 0 aliphatic heterocycles. The van der Waals surface area contributed by atoms with E-state index >= 15 is 0 Å². The van der Waals surface area contributed by atoms with E-state index in [1.54, 1.807) is 0 Å². The van der Waals surface area contributed by atoms with Crippen molar-refractivity contribution in [1.82, 2.24) is 16.1 Å². The summed E-state index contributed by atoms with van der Waals surface area (Å²) in [7, 11) is 0. The van der Waals surface area contributed by atoms with Gasteiger partial charge in [0.2, 0.25) is 16.9 Å². The summed E-state index contributed by atoms with van der Waals surface area (Å²) < 4.78 is 0. The smallest absolute Gasteiger partial charge is 0.240 e. The molecule has 9 heteroatoms. The van der Waals surface area contributed by atoms with Crippen molar-refractivity contribution < 1.29 is 19.2 Å². The van der Waals surface area contributed by atoms with Crippen molar-refractivity contribution in [3.05, 3.63) is 0 Å². The van der Waals surface area contributed by atoms with Gasteiger partial charge in [-0.25, -0.2) is 5.43 Å². The van der Waals surface area contributed by atoms with Crippen molar-refractivity contribution in [1.29, 1.82) is 0 Å². The number of carbonyl (C=O) groups is 4. The molecule has 0 heterocycles. The molecular weight excluding hydrogens is 320 g/mol. The van der Waals surface area contributed by atoms with E-state index in [4.69, 9.17) is 5.84 Å². The summed E-state index contributed by atoms with van der Waals surface area (Å²) in [6, 6.07) is -1.28. The molecule has 0 unspecified atom stereocenters. The Kier molecular flexibility index (Phi) is 10.4. The summed E-state index contributed by atoms with van der Waals surface area (Å²) in [5.41, 5.74) is 2.32. The van der Waals surface area contributed by atoms with Crippen LogP contribution in [-0.2, 0) is 19.2 Å². The number of hydrazine groups is 1. The normalized spacial score (nSPS) is 14.5. The fourth-order valence-electron chi connectivity index (χ4n) is 1.85. The van der Waals surface area contributed by atoms with E-state index in [9.17, 15) is 19.2 Å². The van der Waals surface area contributed by atoms with Crippen LogP contribution in [0.25, 0.3) is 0 Å². The van der Waals surface area contributed by atoms with Crippen molar-refractivity contribution in [3.63, 3.8) is 0 Å². The molecule has 0 saturated carbocycles. The van der Waals surface area contributed by atoms with Crippen LogP contribution in [0.3, 0.4) is 0 Å².